The van der Waals surface area contributed by atoms with Gasteiger partial charge in [0.25, 0.3) is 5.56 Å². The predicted molar refractivity (Wildman–Crippen MR) is 117 cm³/mol. The zero-order valence-electron chi connectivity index (χ0n) is 17.1. The summed E-state index contributed by atoms with van der Waals surface area (Å²) in [4.78, 5) is 31.8. The molecule has 0 amide bonds. The molecule has 4 rings (SSSR count). The summed E-state index contributed by atoms with van der Waals surface area (Å²) in [6.07, 6.45) is 0.557. The van der Waals surface area contributed by atoms with Crippen molar-refractivity contribution in [3.63, 3.8) is 0 Å². The highest BCUT2D eigenvalue weighted by molar-refractivity contribution is 5.79. The Labute approximate surface area is 177 Å². The molecule has 2 N–H and O–H groups in total. The van der Waals surface area contributed by atoms with Crippen molar-refractivity contribution in [2.24, 2.45) is 0 Å². The van der Waals surface area contributed by atoms with Crippen molar-refractivity contribution < 1.29 is 14.6 Å². The van der Waals surface area contributed by atoms with Crippen molar-refractivity contribution in [3.05, 3.63) is 81.0 Å². The maximum atomic E-state index is 12.6. The molecule has 2 heterocycles. The standard InChI is InChI=1S/C23H21N3O5/c1-30-15-5-3-14(4-6-15)11-12-26-21-17(22(28)25-23(26)29)8-9-19(24-21)18-13-16(31-2)7-10-20(18)27/h3-10,13,27H,11-12H2,1-2H3,(H,25,28,29). The lowest BCUT2D eigenvalue weighted by molar-refractivity contribution is 0.412. The van der Waals surface area contributed by atoms with Crippen molar-refractivity contribution in [3.8, 4) is 28.5 Å². The molecule has 2 aromatic heterocycles. The lowest BCUT2D eigenvalue weighted by Crippen LogP contribution is -2.31. The number of aromatic amines is 1. The number of ether oxygens (including phenoxy) is 2. The van der Waals surface area contributed by atoms with Crippen LogP contribution in [0.15, 0.2) is 64.2 Å². The number of pyridine rings is 1. The van der Waals surface area contributed by atoms with Gasteiger partial charge in [-0.2, -0.15) is 0 Å². The number of methoxy groups -OCH3 is 2. The normalized spacial score (nSPS) is 10.9. The van der Waals surface area contributed by atoms with Crippen molar-refractivity contribution in [1.82, 2.24) is 14.5 Å². The van der Waals surface area contributed by atoms with E-state index < -0.39 is 11.2 Å². The van der Waals surface area contributed by atoms with E-state index in [9.17, 15) is 14.7 Å². The molecule has 0 saturated carbocycles. The molecule has 4 aromatic rings. The Balaban J connectivity index is 1.78. The van der Waals surface area contributed by atoms with E-state index in [1.807, 2.05) is 24.3 Å². The topological polar surface area (TPSA) is 106 Å². The van der Waals surface area contributed by atoms with Gasteiger partial charge in [0.15, 0.2) is 0 Å². The number of nitrogens with zero attached hydrogens (tertiary/aromatic N) is 2. The number of hydrogen-bond donors (Lipinski definition) is 2. The molecule has 8 nitrogen and oxygen atoms in total. The number of aromatic hydroxyl groups is 1. The van der Waals surface area contributed by atoms with Gasteiger partial charge in [0, 0.05) is 12.1 Å². The second-order valence-corrected chi connectivity index (χ2v) is 6.96. The van der Waals surface area contributed by atoms with Gasteiger partial charge >= 0.3 is 5.69 Å². The first kappa shape index (κ1) is 20.2. The lowest BCUT2D eigenvalue weighted by Gasteiger charge is -2.12. The summed E-state index contributed by atoms with van der Waals surface area (Å²) in [6.45, 7) is 0.318. The molecule has 0 fully saturated rings. The molecule has 8 heteroatoms. The molecule has 0 aliphatic heterocycles. The maximum absolute atomic E-state index is 12.6. The van der Waals surface area contributed by atoms with Gasteiger partial charge in [-0.25, -0.2) is 9.78 Å². The maximum Gasteiger partial charge on any atom is 0.330 e. The predicted octanol–water partition coefficient (Wildman–Crippen LogP) is 2.72. The molecule has 0 saturated heterocycles. The Morgan fingerprint density at radius 3 is 2.39 bits per heavy atom. The number of benzene rings is 2. The highest BCUT2D eigenvalue weighted by atomic mass is 16.5. The average molecular weight is 419 g/mol. The van der Waals surface area contributed by atoms with Crippen LogP contribution in [-0.2, 0) is 13.0 Å². The summed E-state index contributed by atoms with van der Waals surface area (Å²) >= 11 is 0. The molecule has 158 valence electrons. The zero-order valence-corrected chi connectivity index (χ0v) is 17.1. The molecule has 0 spiro atoms. The van der Waals surface area contributed by atoms with Gasteiger partial charge in [0.1, 0.15) is 22.9 Å². The van der Waals surface area contributed by atoms with E-state index in [1.54, 1.807) is 31.4 Å². The quantitative estimate of drug-likeness (QED) is 0.498. The van der Waals surface area contributed by atoms with Gasteiger partial charge in [-0.1, -0.05) is 12.1 Å². The third-order valence-electron chi connectivity index (χ3n) is 5.10. The van der Waals surface area contributed by atoms with Gasteiger partial charge in [0.2, 0.25) is 0 Å². The number of rotatable bonds is 6. The number of nitrogens with one attached hydrogen (secondary N) is 1. The minimum atomic E-state index is -0.537. The van der Waals surface area contributed by atoms with Crippen LogP contribution < -0.4 is 20.7 Å². The summed E-state index contributed by atoms with van der Waals surface area (Å²) in [7, 11) is 3.13. The molecule has 0 atom stereocenters. The van der Waals surface area contributed by atoms with Gasteiger partial charge < -0.3 is 14.6 Å². The van der Waals surface area contributed by atoms with Crippen molar-refractivity contribution in [2.75, 3.05) is 14.2 Å². The highest BCUT2D eigenvalue weighted by Crippen LogP contribution is 2.32. The number of aryl methyl sites for hydroxylation is 2. The Morgan fingerprint density at radius 1 is 0.968 bits per heavy atom. The smallest absolute Gasteiger partial charge is 0.330 e. The monoisotopic (exact) mass is 419 g/mol. The van der Waals surface area contributed by atoms with E-state index >= 15 is 0 Å². The molecule has 0 aliphatic rings. The largest absolute Gasteiger partial charge is 0.507 e. The van der Waals surface area contributed by atoms with Crippen LogP contribution in [0.4, 0.5) is 0 Å². The second-order valence-electron chi connectivity index (χ2n) is 6.96. The molecule has 0 aliphatic carbocycles. The van der Waals surface area contributed by atoms with Crippen LogP contribution in [0, 0.1) is 0 Å². The fourth-order valence-corrected chi connectivity index (χ4v) is 3.40. The Bertz CT molecular complexity index is 1360. The molecular weight excluding hydrogens is 398 g/mol. The fraction of sp³-hybridized carbons (Fsp3) is 0.174. The number of phenolic OH excluding ortho intramolecular Hbond substituents is 1. The number of fused-ring (bicyclic) bond motifs is 1. The highest BCUT2D eigenvalue weighted by Gasteiger charge is 2.13. The summed E-state index contributed by atoms with van der Waals surface area (Å²) in [5.41, 5.74) is 1.08. The van der Waals surface area contributed by atoms with Crippen LogP contribution in [-0.4, -0.2) is 33.9 Å². The lowest BCUT2D eigenvalue weighted by atomic mass is 10.1. The van der Waals surface area contributed by atoms with Gasteiger partial charge in [-0.15, -0.1) is 0 Å². The average Bonchev–Trinajstić information content (AvgIpc) is 2.79. The van der Waals surface area contributed by atoms with Crippen LogP contribution >= 0.6 is 0 Å². The van der Waals surface area contributed by atoms with Gasteiger partial charge in [-0.3, -0.25) is 14.3 Å². The first-order chi connectivity index (χ1) is 15.0. The van der Waals surface area contributed by atoms with Crippen molar-refractivity contribution in [2.45, 2.75) is 13.0 Å². The van der Waals surface area contributed by atoms with E-state index in [0.717, 1.165) is 11.3 Å². The molecule has 2 aromatic carbocycles. The molecule has 0 bridgehead atoms. The van der Waals surface area contributed by atoms with E-state index in [0.29, 0.717) is 35.4 Å². The van der Waals surface area contributed by atoms with Crippen LogP contribution in [0.25, 0.3) is 22.3 Å². The SMILES string of the molecule is COc1ccc(CCn2c(=O)[nH]c(=O)c3ccc(-c4cc(OC)ccc4O)nc32)cc1. The minimum Gasteiger partial charge on any atom is -0.507 e. The summed E-state index contributed by atoms with van der Waals surface area (Å²) in [5, 5.41) is 10.6. The number of phenols is 1. The summed E-state index contributed by atoms with van der Waals surface area (Å²) in [6, 6.07) is 15.6. The minimum absolute atomic E-state index is 0.0182. The third-order valence-corrected chi connectivity index (χ3v) is 5.10. The van der Waals surface area contributed by atoms with E-state index in [-0.39, 0.29) is 11.4 Å². The molecule has 31 heavy (non-hydrogen) atoms. The van der Waals surface area contributed by atoms with Crippen LogP contribution in [0.2, 0.25) is 0 Å². The van der Waals surface area contributed by atoms with E-state index in [2.05, 4.69) is 9.97 Å². The Hall–Kier alpha value is -4.07. The molecule has 0 unspecified atom stereocenters. The number of hydrogen-bond acceptors (Lipinski definition) is 6. The summed E-state index contributed by atoms with van der Waals surface area (Å²) < 4.78 is 11.8. The van der Waals surface area contributed by atoms with Crippen LogP contribution in [0.5, 0.6) is 17.2 Å². The van der Waals surface area contributed by atoms with Gasteiger partial charge in [-0.05, 0) is 54.4 Å². The first-order valence-electron chi connectivity index (χ1n) is 9.64. The van der Waals surface area contributed by atoms with Crippen LogP contribution in [0.3, 0.4) is 0 Å². The first-order valence-corrected chi connectivity index (χ1v) is 9.64. The number of aromatic nitrogens is 3. The Kier molecular flexibility index (Phi) is 5.44. The summed E-state index contributed by atoms with van der Waals surface area (Å²) in [5.74, 6) is 1.32. The molecule has 0 radical (unpaired) electrons. The number of H-pyrrole nitrogens is 1. The van der Waals surface area contributed by atoms with E-state index in [1.165, 1.54) is 17.7 Å². The molecular formula is C23H21N3O5. The Morgan fingerprint density at radius 2 is 1.68 bits per heavy atom. The van der Waals surface area contributed by atoms with Crippen LogP contribution in [0.1, 0.15) is 5.56 Å². The van der Waals surface area contributed by atoms with Crippen molar-refractivity contribution >= 4 is 11.0 Å². The second kappa shape index (κ2) is 8.35. The van der Waals surface area contributed by atoms with Gasteiger partial charge in [0.05, 0.1) is 25.3 Å². The van der Waals surface area contributed by atoms with Crippen molar-refractivity contribution in [1.29, 1.82) is 0 Å². The third kappa shape index (κ3) is 4.00. The van der Waals surface area contributed by atoms with E-state index in [4.69, 9.17) is 9.47 Å². The fourth-order valence-electron chi connectivity index (χ4n) is 3.40. The zero-order chi connectivity index (χ0) is 22.0.